The third-order valence-corrected chi connectivity index (χ3v) is 10.6. The van der Waals surface area contributed by atoms with E-state index in [1.165, 1.54) is 35.7 Å². The highest BCUT2D eigenvalue weighted by Gasteiger charge is 2.30. The van der Waals surface area contributed by atoms with Crippen LogP contribution in [-0.4, -0.2) is 49.9 Å². The molecule has 0 bridgehead atoms. The predicted molar refractivity (Wildman–Crippen MR) is 175 cm³/mol. The van der Waals surface area contributed by atoms with E-state index >= 15 is 0 Å². The van der Waals surface area contributed by atoms with E-state index in [2.05, 4.69) is 25.7 Å². The minimum absolute atomic E-state index is 0.0739. The van der Waals surface area contributed by atoms with Crippen LogP contribution in [0.2, 0.25) is 0 Å². The number of phenols is 1. The second-order valence-electron chi connectivity index (χ2n) is 12.2. The summed E-state index contributed by atoms with van der Waals surface area (Å²) < 4.78 is 30.1. The van der Waals surface area contributed by atoms with E-state index in [1.807, 2.05) is 58.9 Å². The maximum Gasteiger partial charge on any atom is 0.555 e. The van der Waals surface area contributed by atoms with Gasteiger partial charge in [-0.1, -0.05) is 6.42 Å². The molecule has 0 spiro atoms. The van der Waals surface area contributed by atoms with E-state index in [1.54, 1.807) is 12.1 Å². The van der Waals surface area contributed by atoms with Crippen molar-refractivity contribution in [2.24, 2.45) is 0 Å². The smallest absolute Gasteiger partial charge is 0.555 e. The lowest BCUT2D eigenvalue weighted by molar-refractivity contribution is 0.0396. The minimum Gasteiger partial charge on any atom is -0.593 e. The van der Waals surface area contributed by atoms with Crippen LogP contribution >= 0.6 is 11.3 Å². The van der Waals surface area contributed by atoms with Gasteiger partial charge in [0.25, 0.3) is 7.18 Å². The molecule has 3 aromatic carbocycles. The number of benzene rings is 3. The molecule has 1 aliphatic heterocycles. The molecule has 6 heteroatoms. The zero-order valence-corrected chi connectivity index (χ0v) is 26.8. The third-order valence-electron chi connectivity index (χ3n) is 9.41. The Morgan fingerprint density at radius 3 is 2.48 bits per heavy atom. The number of fused-ring (bicyclic) bond motifs is 1. The van der Waals surface area contributed by atoms with Gasteiger partial charge in [-0.05, 0) is 126 Å². The Morgan fingerprint density at radius 2 is 1.81 bits per heavy atom. The average molecular weight is 590 g/mol. The summed E-state index contributed by atoms with van der Waals surface area (Å²) in [7, 11) is 0. The van der Waals surface area contributed by atoms with Crippen molar-refractivity contribution in [3.8, 4) is 27.7 Å². The summed E-state index contributed by atoms with van der Waals surface area (Å²) in [4.78, 5) is 18.1. The quantitative estimate of drug-likeness (QED) is 0.157. The highest BCUT2D eigenvalue weighted by molar-refractivity contribution is 7.23. The number of phenolic OH excluding ortho intramolecular Hbond substituents is 1. The first-order valence-electron chi connectivity index (χ1n) is 16.2. The van der Waals surface area contributed by atoms with Gasteiger partial charge >= 0.3 is 2.86 Å². The van der Waals surface area contributed by atoms with E-state index < -0.39 is 0 Å². The Labute approximate surface area is 258 Å². The molecule has 1 aliphatic rings. The number of nitrogens with zero attached hydrogens (tertiary/aromatic N) is 1. The normalized spacial score (nSPS) is 19.2. The molecular formula is C36H44NO4S+. The van der Waals surface area contributed by atoms with Gasteiger partial charge in [-0.3, -0.25) is 9.69 Å². The molecule has 0 aliphatic carbocycles. The Kier molecular flexibility index (Phi) is 7.35. The van der Waals surface area contributed by atoms with Gasteiger partial charge in [0.2, 0.25) is 0 Å². The Hall–Kier alpha value is -3.35. The van der Waals surface area contributed by atoms with Crippen molar-refractivity contribution in [2.75, 3.05) is 6.61 Å². The van der Waals surface area contributed by atoms with E-state index in [0.717, 1.165) is 54.1 Å². The van der Waals surface area contributed by atoms with Crippen LogP contribution < -0.4 is 4.74 Å². The molecular weight excluding hydrogens is 542 g/mol. The van der Waals surface area contributed by atoms with Crippen LogP contribution in [0.1, 0.15) is 83.8 Å². The van der Waals surface area contributed by atoms with Crippen LogP contribution in [0.3, 0.4) is 0 Å². The first-order chi connectivity index (χ1) is 21.3. The molecule has 0 amide bonds. The molecule has 3 atom stereocenters. The summed E-state index contributed by atoms with van der Waals surface area (Å²) in [6.07, 6.45) is 3.71. The van der Waals surface area contributed by atoms with E-state index in [4.69, 9.17) is 14.1 Å². The van der Waals surface area contributed by atoms with Crippen LogP contribution in [0.5, 0.6) is 17.2 Å². The second kappa shape index (κ2) is 11.7. The number of likely N-dealkylation sites (tertiary alicyclic amines) is 1. The molecule has 4 aromatic rings. The van der Waals surface area contributed by atoms with Crippen molar-refractivity contribution in [3.05, 3.63) is 75.3 Å². The summed E-state index contributed by atoms with van der Waals surface area (Å²) in [5, 5.41) is 7.22. The molecule has 0 radical (unpaired) electrons. The number of hydrogen-bond acceptors (Lipinski definition) is 5. The number of aromatic hydroxyl groups is 1. The number of ketones is 1. The highest BCUT2D eigenvalue weighted by atomic mass is 32.1. The van der Waals surface area contributed by atoms with Crippen molar-refractivity contribution in [3.63, 3.8) is 0 Å². The monoisotopic (exact) mass is 589 g/mol. The van der Waals surface area contributed by atoms with Crippen LogP contribution in [0.15, 0.2) is 36.4 Å². The standard InChI is InChI=1S/C36H43NO4S/c1-19-16-27(38)12-13-28(19)36-34(33-26(8)24(6)30(39)17-32(33)42-36)35(40)29-14-15-31(25(7)23(29)5)41-18-22(4)37-20(2)10-9-11-21(37)3/h12-17,20-22,38-39H,9-11,18H2,1-8H3/p+1/i/hD3. The lowest BCUT2D eigenvalue weighted by Crippen LogP contribution is -2.50. The summed E-state index contributed by atoms with van der Waals surface area (Å²) in [5.41, 5.74) is 6.51. The Bertz CT molecular complexity index is 1740. The molecule has 0 saturated carbocycles. The van der Waals surface area contributed by atoms with Gasteiger partial charge in [0.15, 0.2) is 5.78 Å². The molecule has 5 nitrogen and oxygen atoms in total. The number of carbonyl (C=O) groups is 1. The highest BCUT2D eigenvalue weighted by Crippen LogP contribution is 2.45. The first kappa shape index (κ1) is 26.3. The number of ether oxygens (including phenoxy) is 1. The molecule has 3 unspecified atom stereocenters. The van der Waals surface area contributed by atoms with E-state index in [0.29, 0.717) is 41.3 Å². The van der Waals surface area contributed by atoms with Crippen LogP contribution in [0.4, 0.5) is 0 Å². The van der Waals surface area contributed by atoms with Crippen molar-refractivity contribution >= 4 is 27.2 Å². The molecule has 1 saturated heterocycles. The summed E-state index contributed by atoms with van der Waals surface area (Å²) >= 11 is 1.49. The Balaban J connectivity index is 1.56. The number of thiophene rings is 1. The van der Waals surface area contributed by atoms with Crippen LogP contribution in [-0.2, 0) is 0 Å². The first-order valence-corrected chi connectivity index (χ1v) is 15.8. The molecule has 3 N–H and O–H groups in total. The fraction of sp³-hybridized carbons (Fsp3) is 0.417. The number of hydrogen-bond donors (Lipinski definition) is 1. The minimum atomic E-state index is -0.0739. The lowest BCUT2D eigenvalue weighted by atomic mass is 9.90. The Morgan fingerprint density at radius 1 is 1.07 bits per heavy atom. The largest absolute Gasteiger partial charge is 0.593 e. The third kappa shape index (κ3) is 5.31. The molecule has 2 heterocycles. The van der Waals surface area contributed by atoms with Crippen molar-refractivity contribution in [1.29, 1.82) is 4.29 Å². The maximum absolute atomic E-state index is 14.7. The van der Waals surface area contributed by atoms with Crippen molar-refractivity contribution in [2.45, 2.75) is 92.8 Å². The van der Waals surface area contributed by atoms with Gasteiger partial charge < -0.3 is 15.0 Å². The number of rotatable bonds is 9. The van der Waals surface area contributed by atoms with Crippen LogP contribution in [0.25, 0.3) is 20.5 Å². The van der Waals surface area contributed by atoms with Crippen molar-refractivity contribution < 1.29 is 19.8 Å². The number of piperidine rings is 1. The summed E-state index contributed by atoms with van der Waals surface area (Å²) in [6.45, 7) is 17.2. The number of aryl methyl sites for hydroxylation is 2. The second-order valence-corrected chi connectivity index (χ2v) is 13.3. The van der Waals surface area contributed by atoms with Crippen molar-refractivity contribution in [1.82, 2.24) is 4.90 Å². The average Bonchev–Trinajstić information content (AvgIpc) is 3.38. The van der Waals surface area contributed by atoms with E-state index in [9.17, 15) is 4.79 Å². The molecule has 1 fully saturated rings. The zero-order valence-electron chi connectivity index (χ0n) is 29.0. The SMILES string of the molecule is [2H]Oc1cc2sc(-c3ccc([O+]([2H])[2H])cc3C)c(C(=O)c3ccc(OCC(C)N4C(C)CCCC4C)c(C)c3C)c2c(C)c1C. The molecule has 1 aromatic heterocycles. The van der Waals surface area contributed by atoms with E-state index in [-0.39, 0.29) is 11.8 Å². The number of carbonyl (C=O) groups excluding carboxylic acids is 1. The van der Waals surface area contributed by atoms with Gasteiger partial charge in [-0.15, -0.1) is 11.3 Å². The fourth-order valence-electron chi connectivity index (χ4n) is 6.76. The predicted octanol–water partition coefficient (Wildman–Crippen LogP) is 8.52. The summed E-state index contributed by atoms with van der Waals surface area (Å²) in [5.74, 6) is 1.55. The van der Waals surface area contributed by atoms with Gasteiger partial charge in [-0.2, -0.15) is 0 Å². The van der Waals surface area contributed by atoms with Crippen LogP contribution in [0, 0.1) is 34.6 Å². The summed E-state index contributed by atoms with van der Waals surface area (Å²) in [6, 6.07) is 12.3. The zero-order chi connectivity index (χ0) is 32.7. The topological polar surface area (TPSA) is 72.7 Å². The fourth-order valence-corrected chi connectivity index (χ4v) is 8.14. The van der Waals surface area contributed by atoms with Gasteiger partial charge in [0.1, 0.15) is 18.1 Å². The van der Waals surface area contributed by atoms with Gasteiger partial charge in [0, 0.05) is 56.3 Å². The lowest BCUT2D eigenvalue weighted by Gasteiger charge is -2.42. The maximum atomic E-state index is 14.7. The van der Waals surface area contributed by atoms with Gasteiger partial charge in [-0.25, -0.2) is 0 Å². The van der Waals surface area contributed by atoms with Gasteiger partial charge in [0.05, 0.1) is 0 Å². The molecule has 5 rings (SSSR count). The molecule has 42 heavy (non-hydrogen) atoms. The molecule has 222 valence electrons.